The predicted molar refractivity (Wildman–Crippen MR) is 129 cm³/mol. The van der Waals surface area contributed by atoms with Gasteiger partial charge in [0, 0.05) is 5.56 Å². The first kappa shape index (κ1) is 21.7. The zero-order chi connectivity index (χ0) is 23.8. The van der Waals surface area contributed by atoms with Crippen LogP contribution in [0.3, 0.4) is 0 Å². The minimum absolute atomic E-state index is 0.236. The van der Waals surface area contributed by atoms with Crippen molar-refractivity contribution in [2.75, 3.05) is 0 Å². The van der Waals surface area contributed by atoms with Crippen LogP contribution in [0.5, 0.6) is 0 Å². The molecule has 0 fully saturated rings. The smallest absolute Gasteiger partial charge is 0.328 e. The fourth-order valence-corrected chi connectivity index (χ4v) is 3.96. The number of hydrogen-bond donors (Lipinski definition) is 2. The van der Waals surface area contributed by atoms with Crippen LogP contribution in [-0.2, 0) is 6.54 Å². The molecule has 34 heavy (non-hydrogen) atoms. The van der Waals surface area contributed by atoms with Gasteiger partial charge in [-0.25, -0.2) is 19.4 Å². The lowest BCUT2D eigenvalue weighted by molar-refractivity contribution is 0.194. The monoisotopic (exact) mass is 455 g/mol. The maximum Gasteiger partial charge on any atom is 0.328 e. The van der Waals surface area contributed by atoms with E-state index in [0.717, 1.165) is 22.4 Å². The summed E-state index contributed by atoms with van der Waals surface area (Å²) in [5.41, 5.74) is 5.30. The predicted octanol–water partition coefficient (Wildman–Crippen LogP) is 3.59. The molecule has 0 unspecified atom stereocenters. The third-order valence-corrected chi connectivity index (χ3v) is 5.82. The van der Waals surface area contributed by atoms with Crippen molar-refractivity contribution in [2.24, 2.45) is 0 Å². The molecule has 5 rings (SSSR count). The number of imidazole rings is 1. The Morgan fingerprint density at radius 3 is 2.53 bits per heavy atom. The Morgan fingerprint density at radius 1 is 1.06 bits per heavy atom. The summed E-state index contributed by atoms with van der Waals surface area (Å²) >= 11 is 0. The first-order chi connectivity index (χ1) is 16.4. The molecule has 0 aliphatic rings. The molecule has 0 radical (unpaired) electrons. The summed E-state index contributed by atoms with van der Waals surface area (Å²) < 4.78 is 3.23. The van der Waals surface area contributed by atoms with Crippen LogP contribution >= 0.6 is 0 Å². The molecule has 0 aliphatic heterocycles. The number of aliphatic hydroxyl groups excluding tert-OH is 1. The Bertz CT molecular complexity index is 1510. The van der Waals surface area contributed by atoms with E-state index in [1.807, 2.05) is 42.5 Å². The molecule has 3 heterocycles. The van der Waals surface area contributed by atoms with Crippen molar-refractivity contribution in [2.45, 2.75) is 39.3 Å². The van der Waals surface area contributed by atoms with Crippen LogP contribution < -0.4 is 5.69 Å². The van der Waals surface area contributed by atoms with Crippen molar-refractivity contribution in [3.05, 3.63) is 88.2 Å². The van der Waals surface area contributed by atoms with Crippen LogP contribution in [0.4, 0.5) is 0 Å². The highest BCUT2D eigenvalue weighted by Crippen LogP contribution is 2.27. The van der Waals surface area contributed by atoms with E-state index < -0.39 is 6.10 Å². The van der Waals surface area contributed by atoms with E-state index in [-0.39, 0.29) is 5.69 Å². The molecule has 0 amide bonds. The summed E-state index contributed by atoms with van der Waals surface area (Å²) in [5.74, 6) is 0.920. The SMILES string of the molecule is CC(C)c1ccccc1-c1ncc2[nH]c(=O)n(Cc3ccc(-n4cc([C@@H](C)O)nn4)cc3)c2n1. The molecular weight excluding hydrogens is 430 g/mol. The van der Waals surface area contributed by atoms with Gasteiger partial charge in [-0.05, 0) is 36.1 Å². The van der Waals surface area contributed by atoms with Crippen molar-refractivity contribution < 1.29 is 5.11 Å². The Labute approximate surface area is 195 Å². The van der Waals surface area contributed by atoms with Crippen molar-refractivity contribution >= 4 is 11.2 Å². The topological polar surface area (TPSA) is 115 Å². The van der Waals surface area contributed by atoms with Gasteiger partial charge in [0.2, 0.25) is 0 Å². The normalized spacial score (nSPS) is 12.5. The first-order valence-electron chi connectivity index (χ1n) is 11.1. The summed E-state index contributed by atoms with van der Waals surface area (Å²) in [4.78, 5) is 24.8. The zero-order valence-electron chi connectivity index (χ0n) is 19.2. The number of rotatable bonds is 6. The van der Waals surface area contributed by atoms with Gasteiger partial charge >= 0.3 is 5.69 Å². The summed E-state index contributed by atoms with van der Waals surface area (Å²) in [6.07, 6.45) is 2.68. The molecule has 172 valence electrons. The molecule has 3 aromatic heterocycles. The quantitative estimate of drug-likeness (QED) is 0.404. The van der Waals surface area contributed by atoms with Gasteiger partial charge in [-0.15, -0.1) is 5.10 Å². The number of benzene rings is 2. The maximum absolute atomic E-state index is 12.7. The lowest BCUT2D eigenvalue weighted by Crippen LogP contribution is -2.17. The number of fused-ring (bicyclic) bond motifs is 1. The molecule has 0 saturated carbocycles. The number of H-pyrrole nitrogens is 1. The second-order valence-corrected chi connectivity index (χ2v) is 8.62. The number of aliphatic hydroxyl groups is 1. The van der Waals surface area contributed by atoms with Gasteiger partial charge in [-0.3, -0.25) is 4.57 Å². The van der Waals surface area contributed by atoms with Gasteiger partial charge in [0.05, 0.1) is 30.7 Å². The van der Waals surface area contributed by atoms with Gasteiger partial charge in [-0.1, -0.05) is 55.5 Å². The van der Waals surface area contributed by atoms with Crippen LogP contribution in [0.15, 0.2) is 65.7 Å². The van der Waals surface area contributed by atoms with Crippen molar-refractivity contribution in [1.29, 1.82) is 0 Å². The third-order valence-electron chi connectivity index (χ3n) is 5.82. The first-order valence-corrected chi connectivity index (χ1v) is 11.1. The second kappa shape index (κ2) is 8.68. The van der Waals surface area contributed by atoms with Gasteiger partial charge in [0.1, 0.15) is 11.2 Å². The minimum Gasteiger partial charge on any atom is -0.387 e. The van der Waals surface area contributed by atoms with Crippen LogP contribution in [-0.4, -0.2) is 39.6 Å². The Morgan fingerprint density at radius 2 is 1.82 bits per heavy atom. The number of nitrogens with zero attached hydrogens (tertiary/aromatic N) is 6. The lowest BCUT2D eigenvalue weighted by atomic mass is 9.97. The molecule has 2 aromatic carbocycles. The standard InChI is InChI=1S/C25H25N7O2/c1-15(2)19-6-4-5-7-20(19)23-26-12-21-24(28-23)31(25(34)27-21)13-17-8-10-18(11-9-17)32-14-22(16(3)33)29-30-32/h4-12,14-16,33H,13H2,1-3H3,(H,27,34)/t16-/m1/s1. The summed E-state index contributed by atoms with van der Waals surface area (Å²) in [7, 11) is 0. The average molecular weight is 456 g/mol. The number of aromatic nitrogens is 7. The molecule has 9 heteroatoms. The van der Waals surface area contributed by atoms with E-state index in [4.69, 9.17) is 4.98 Å². The highest BCUT2D eigenvalue weighted by molar-refractivity contribution is 5.73. The van der Waals surface area contributed by atoms with Crippen LogP contribution in [0.2, 0.25) is 0 Å². The van der Waals surface area contributed by atoms with E-state index in [9.17, 15) is 9.90 Å². The van der Waals surface area contributed by atoms with Crippen LogP contribution in [0, 0.1) is 0 Å². The van der Waals surface area contributed by atoms with Crippen LogP contribution in [0.1, 0.15) is 49.6 Å². The Hall–Kier alpha value is -4.11. The fraction of sp³-hybridized carbons (Fsp3) is 0.240. The molecule has 0 spiro atoms. The molecule has 5 aromatic rings. The van der Waals surface area contributed by atoms with E-state index in [1.165, 1.54) is 0 Å². The Kier molecular flexibility index (Phi) is 5.54. The number of aromatic amines is 1. The lowest BCUT2D eigenvalue weighted by Gasteiger charge is -2.11. The molecule has 0 bridgehead atoms. The molecular formula is C25H25N7O2. The number of hydrogen-bond acceptors (Lipinski definition) is 6. The Balaban J connectivity index is 1.48. The minimum atomic E-state index is -0.679. The number of nitrogens with one attached hydrogen (secondary N) is 1. The van der Waals surface area contributed by atoms with Gasteiger partial charge in [-0.2, -0.15) is 0 Å². The maximum atomic E-state index is 12.7. The summed E-state index contributed by atoms with van der Waals surface area (Å²) in [5, 5.41) is 17.7. The van der Waals surface area contributed by atoms with E-state index in [2.05, 4.69) is 40.2 Å². The highest BCUT2D eigenvalue weighted by Gasteiger charge is 2.15. The van der Waals surface area contributed by atoms with Crippen LogP contribution in [0.25, 0.3) is 28.2 Å². The summed E-state index contributed by atoms with van der Waals surface area (Å²) in [6.45, 7) is 6.28. The third kappa shape index (κ3) is 4.01. The molecule has 0 saturated heterocycles. The van der Waals surface area contributed by atoms with Crippen molar-refractivity contribution in [3.63, 3.8) is 0 Å². The van der Waals surface area contributed by atoms with E-state index >= 15 is 0 Å². The largest absolute Gasteiger partial charge is 0.387 e. The summed E-state index contributed by atoms with van der Waals surface area (Å²) in [6, 6.07) is 15.7. The van der Waals surface area contributed by atoms with Gasteiger partial charge in [0.15, 0.2) is 11.5 Å². The van der Waals surface area contributed by atoms with Crippen molar-refractivity contribution in [3.8, 4) is 17.1 Å². The van der Waals surface area contributed by atoms with Gasteiger partial charge in [0.25, 0.3) is 0 Å². The molecule has 9 nitrogen and oxygen atoms in total. The van der Waals surface area contributed by atoms with Crippen molar-refractivity contribution in [1.82, 2.24) is 34.5 Å². The zero-order valence-corrected chi connectivity index (χ0v) is 19.2. The fourth-order valence-electron chi connectivity index (χ4n) is 3.96. The molecule has 1 atom stereocenters. The second-order valence-electron chi connectivity index (χ2n) is 8.62. The molecule has 0 aliphatic carbocycles. The van der Waals surface area contributed by atoms with Gasteiger partial charge < -0.3 is 10.1 Å². The molecule has 2 N–H and O–H groups in total. The highest BCUT2D eigenvalue weighted by atomic mass is 16.3. The van der Waals surface area contributed by atoms with E-state index in [0.29, 0.717) is 35.1 Å². The van der Waals surface area contributed by atoms with E-state index in [1.54, 1.807) is 28.6 Å². The average Bonchev–Trinajstić information content (AvgIpc) is 3.45.